The van der Waals surface area contributed by atoms with Gasteiger partial charge < -0.3 is 14.2 Å². The summed E-state index contributed by atoms with van der Waals surface area (Å²) in [5, 5.41) is 0. The molecule has 1 aliphatic carbocycles. The fraction of sp³-hybridized carbons (Fsp3) is 0.538. The van der Waals surface area contributed by atoms with Gasteiger partial charge in [0.25, 0.3) is 0 Å². The maximum absolute atomic E-state index is 11.6. The number of carbonyl (C=O) groups excluding carboxylic acids is 2. The Morgan fingerprint density at radius 3 is 2.94 bits per heavy atom. The number of esters is 2. The Balaban J connectivity index is 1.66. The van der Waals surface area contributed by atoms with Gasteiger partial charge >= 0.3 is 11.9 Å². The monoisotopic (exact) mass is 250 g/mol. The summed E-state index contributed by atoms with van der Waals surface area (Å²) in [5.74, 6) is -0.698. The lowest BCUT2D eigenvalue weighted by molar-refractivity contribution is -0.156. The third kappa shape index (κ3) is 1.79. The molecule has 0 aromatic rings. The molecule has 0 spiro atoms. The van der Waals surface area contributed by atoms with Crippen molar-refractivity contribution >= 4 is 11.9 Å². The summed E-state index contributed by atoms with van der Waals surface area (Å²) in [6, 6.07) is 0. The van der Waals surface area contributed by atoms with E-state index in [1.807, 2.05) is 12.2 Å². The van der Waals surface area contributed by atoms with E-state index < -0.39 is 6.29 Å². The Bertz CT molecular complexity index is 450. The minimum atomic E-state index is -0.582. The average molecular weight is 250 g/mol. The van der Waals surface area contributed by atoms with Gasteiger partial charge in [-0.2, -0.15) is 0 Å². The summed E-state index contributed by atoms with van der Waals surface area (Å²) in [7, 11) is 0. The minimum absolute atomic E-state index is 0.0482. The molecule has 3 aliphatic rings. The summed E-state index contributed by atoms with van der Waals surface area (Å²) >= 11 is 0. The van der Waals surface area contributed by atoms with Gasteiger partial charge in [-0.15, -0.1) is 0 Å². The molecule has 2 fully saturated rings. The molecule has 5 heteroatoms. The van der Waals surface area contributed by atoms with Crippen LogP contribution < -0.4 is 0 Å². The van der Waals surface area contributed by atoms with Gasteiger partial charge in [0.15, 0.2) is 0 Å². The van der Waals surface area contributed by atoms with E-state index in [1.54, 1.807) is 6.92 Å². The van der Waals surface area contributed by atoms with E-state index >= 15 is 0 Å². The van der Waals surface area contributed by atoms with Gasteiger partial charge in [-0.05, 0) is 12.5 Å². The predicted octanol–water partition coefficient (Wildman–Crippen LogP) is 1.30. The number of hydrogen-bond donors (Lipinski definition) is 0. The number of cyclic esters (lactones) is 1. The van der Waals surface area contributed by atoms with Crippen LogP contribution in [0.5, 0.6) is 0 Å². The number of rotatable bonds is 2. The molecule has 2 heterocycles. The van der Waals surface area contributed by atoms with Crippen LogP contribution in [0.15, 0.2) is 24.0 Å². The quantitative estimate of drug-likeness (QED) is 0.320. The van der Waals surface area contributed by atoms with Crippen LogP contribution in [0.3, 0.4) is 0 Å². The van der Waals surface area contributed by atoms with Crippen molar-refractivity contribution in [2.75, 3.05) is 0 Å². The highest BCUT2D eigenvalue weighted by Crippen LogP contribution is 2.36. The van der Waals surface area contributed by atoms with Crippen molar-refractivity contribution in [3.8, 4) is 0 Å². The van der Waals surface area contributed by atoms with E-state index in [4.69, 9.17) is 14.2 Å². The molecule has 0 radical (unpaired) electrons. The molecule has 0 saturated carbocycles. The fourth-order valence-corrected chi connectivity index (χ4v) is 2.44. The summed E-state index contributed by atoms with van der Waals surface area (Å²) in [6.45, 7) is 1.79. The van der Waals surface area contributed by atoms with E-state index in [9.17, 15) is 9.59 Å². The molecule has 4 unspecified atom stereocenters. The Morgan fingerprint density at radius 1 is 1.39 bits per heavy atom. The second-order valence-corrected chi connectivity index (χ2v) is 4.85. The third-order valence-electron chi connectivity index (χ3n) is 3.53. The first kappa shape index (κ1) is 11.3. The molecule has 3 rings (SSSR count). The van der Waals surface area contributed by atoms with E-state index in [2.05, 4.69) is 0 Å². The molecular weight excluding hydrogens is 236 g/mol. The van der Waals surface area contributed by atoms with Crippen molar-refractivity contribution in [2.45, 2.75) is 32.2 Å². The minimum Gasteiger partial charge on any atom is -0.462 e. The molecule has 96 valence electrons. The molecule has 18 heavy (non-hydrogen) atoms. The lowest BCUT2D eigenvalue weighted by Gasteiger charge is -2.10. The summed E-state index contributed by atoms with van der Waals surface area (Å²) in [5.41, 5.74) is 0.528. The summed E-state index contributed by atoms with van der Waals surface area (Å²) < 4.78 is 15.6. The number of fused-ring (bicyclic) bond motifs is 1. The molecule has 0 bridgehead atoms. The van der Waals surface area contributed by atoms with E-state index in [-0.39, 0.29) is 29.9 Å². The first-order chi connectivity index (χ1) is 8.65. The highest BCUT2D eigenvalue weighted by atomic mass is 16.7. The van der Waals surface area contributed by atoms with E-state index in [1.165, 1.54) is 6.26 Å². The molecule has 0 amide bonds. The predicted molar refractivity (Wildman–Crippen MR) is 60.0 cm³/mol. The van der Waals surface area contributed by atoms with Crippen LogP contribution in [-0.4, -0.2) is 24.3 Å². The molecule has 5 nitrogen and oxygen atoms in total. The fourth-order valence-electron chi connectivity index (χ4n) is 2.44. The van der Waals surface area contributed by atoms with Gasteiger partial charge in [-0.25, -0.2) is 4.79 Å². The van der Waals surface area contributed by atoms with Crippen molar-refractivity contribution < 1.29 is 23.8 Å². The van der Waals surface area contributed by atoms with E-state index in [0.29, 0.717) is 12.0 Å². The zero-order valence-corrected chi connectivity index (χ0v) is 10.00. The Hall–Kier alpha value is -1.78. The number of allylic oxidation sites excluding steroid dienone is 1. The maximum Gasteiger partial charge on any atom is 0.338 e. The molecule has 2 aliphatic heterocycles. The molecule has 4 atom stereocenters. The van der Waals surface area contributed by atoms with Crippen molar-refractivity contribution in [2.24, 2.45) is 11.8 Å². The molecule has 0 N–H and O–H groups in total. The average Bonchev–Trinajstić information content (AvgIpc) is 2.94. The van der Waals surface area contributed by atoms with Crippen molar-refractivity contribution in [1.29, 1.82) is 0 Å². The molecule has 0 aromatic carbocycles. The van der Waals surface area contributed by atoms with Crippen LogP contribution in [-0.2, 0) is 23.8 Å². The van der Waals surface area contributed by atoms with E-state index in [0.717, 1.165) is 6.42 Å². The molecule has 0 aromatic heterocycles. The highest BCUT2D eigenvalue weighted by Gasteiger charge is 2.41. The standard InChI is InChI=1S/C13H14O5/c1-7-5-11(18-12(7)14)16-6-9-8-3-2-4-10(8)17-13(9)15/h2,4,6-8,10-11H,3,5H2,1H3. The zero-order chi connectivity index (χ0) is 12.7. The first-order valence-corrected chi connectivity index (χ1v) is 6.09. The SMILES string of the molecule is CC1CC(OC=C2C(=O)OC3C=CCC23)OC1=O. The van der Waals surface area contributed by atoms with Crippen LogP contribution in [0, 0.1) is 11.8 Å². The summed E-state index contributed by atoms with van der Waals surface area (Å²) in [4.78, 5) is 22.8. The van der Waals surface area contributed by atoms with Gasteiger partial charge in [0.2, 0.25) is 6.29 Å². The smallest absolute Gasteiger partial charge is 0.338 e. The van der Waals surface area contributed by atoms with Gasteiger partial charge in [0, 0.05) is 12.3 Å². The lowest BCUT2D eigenvalue weighted by atomic mass is 9.99. The number of hydrogen-bond acceptors (Lipinski definition) is 5. The Kier molecular flexibility index (Phi) is 2.61. The zero-order valence-electron chi connectivity index (χ0n) is 10.00. The van der Waals surface area contributed by atoms with Crippen molar-refractivity contribution in [3.63, 3.8) is 0 Å². The second-order valence-electron chi connectivity index (χ2n) is 4.85. The first-order valence-electron chi connectivity index (χ1n) is 6.09. The van der Waals surface area contributed by atoms with Gasteiger partial charge in [0.1, 0.15) is 6.10 Å². The van der Waals surface area contributed by atoms with Crippen LogP contribution in [0.4, 0.5) is 0 Å². The van der Waals surface area contributed by atoms with Crippen molar-refractivity contribution in [1.82, 2.24) is 0 Å². The van der Waals surface area contributed by atoms with Crippen LogP contribution in [0.25, 0.3) is 0 Å². The Labute approximate surface area is 104 Å². The normalized spacial score (nSPS) is 39.9. The second kappa shape index (κ2) is 4.15. The lowest BCUT2D eigenvalue weighted by Crippen LogP contribution is -2.11. The number of ether oxygens (including phenoxy) is 3. The largest absolute Gasteiger partial charge is 0.462 e. The van der Waals surface area contributed by atoms with Crippen molar-refractivity contribution in [3.05, 3.63) is 24.0 Å². The van der Waals surface area contributed by atoms with Crippen LogP contribution in [0.1, 0.15) is 19.8 Å². The number of carbonyl (C=O) groups is 2. The van der Waals surface area contributed by atoms with Gasteiger partial charge in [-0.3, -0.25) is 4.79 Å². The Morgan fingerprint density at radius 2 is 2.22 bits per heavy atom. The topological polar surface area (TPSA) is 61.8 Å². The van der Waals surface area contributed by atoms with Gasteiger partial charge in [0.05, 0.1) is 17.8 Å². The molecular formula is C13H14O5. The van der Waals surface area contributed by atoms with Gasteiger partial charge in [-0.1, -0.05) is 13.0 Å². The highest BCUT2D eigenvalue weighted by molar-refractivity contribution is 5.91. The van der Waals surface area contributed by atoms with Crippen LogP contribution >= 0.6 is 0 Å². The maximum atomic E-state index is 11.6. The van der Waals surface area contributed by atoms with Crippen LogP contribution in [0.2, 0.25) is 0 Å². The summed E-state index contributed by atoms with van der Waals surface area (Å²) in [6.07, 6.45) is 5.85. The third-order valence-corrected chi connectivity index (χ3v) is 3.53. The molecule has 2 saturated heterocycles.